The van der Waals surface area contributed by atoms with E-state index in [1.165, 1.54) is 4.31 Å². The van der Waals surface area contributed by atoms with Gasteiger partial charge in [0.25, 0.3) is 0 Å². The molecule has 0 spiro atoms. The Morgan fingerprint density at radius 1 is 1.39 bits per heavy atom. The van der Waals surface area contributed by atoms with Crippen LogP contribution in [-0.4, -0.2) is 25.8 Å². The van der Waals surface area contributed by atoms with Crippen molar-refractivity contribution in [3.63, 3.8) is 0 Å². The summed E-state index contributed by atoms with van der Waals surface area (Å²) in [7, 11) is -3.41. The predicted molar refractivity (Wildman–Crippen MR) is 74.2 cm³/mol. The first-order chi connectivity index (χ1) is 8.51. The average molecular weight is 266 g/mol. The van der Waals surface area contributed by atoms with Gasteiger partial charge in [0.1, 0.15) is 0 Å². The molecule has 98 valence electrons. The van der Waals surface area contributed by atoms with Crippen LogP contribution in [0.25, 0.3) is 0 Å². The van der Waals surface area contributed by atoms with Crippen molar-refractivity contribution in [3.05, 3.63) is 29.8 Å². The number of nitrogens with zero attached hydrogens (tertiary/aromatic N) is 1. The van der Waals surface area contributed by atoms with Crippen molar-refractivity contribution in [1.82, 2.24) is 4.31 Å². The third kappa shape index (κ3) is 3.76. The lowest BCUT2D eigenvalue weighted by Crippen LogP contribution is -2.33. The van der Waals surface area contributed by atoms with Crippen molar-refractivity contribution in [2.75, 3.05) is 18.8 Å². The van der Waals surface area contributed by atoms with E-state index in [9.17, 15) is 8.42 Å². The van der Waals surface area contributed by atoms with Crippen LogP contribution in [0.4, 0.5) is 5.69 Å². The number of sulfonamides is 1. The van der Waals surface area contributed by atoms with E-state index in [1.54, 1.807) is 24.3 Å². The van der Waals surface area contributed by atoms with Gasteiger partial charge in [-0.3, -0.25) is 0 Å². The summed E-state index contributed by atoms with van der Waals surface area (Å²) < 4.78 is 25.7. The predicted octanol–water partition coefficient (Wildman–Crippen LogP) is 1.44. The van der Waals surface area contributed by atoms with Crippen LogP contribution in [0.2, 0.25) is 0 Å². The van der Waals surface area contributed by atoms with Gasteiger partial charge in [0.05, 0.1) is 12.3 Å². The SMILES string of the molecule is C#CCN(CCC)S(=O)(=O)Cc1ccccc1N. The second kappa shape index (κ2) is 6.43. The zero-order valence-electron chi connectivity index (χ0n) is 10.5. The average Bonchev–Trinajstić information content (AvgIpc) is 2.32. The fraction of sp³-hybridized carbons (Fsp3) is 0.385. The molecule has 0 fully saturated rings. The maximum Gasteiger partial charge on any atom is 0.219 e. The van der Waals surface area contributed by atoms with Gasteiger partial charge in [0.2, 0.25) is 10.0 Å². The second-order valence-corrected chi connectivity index (χ2v) is 5.96. The largest absolute Gasteiger partial charge is 0.398 e. The van der Waals surface area contributed by atoms with E-state index in [2.05, 4.69) is 5.92 Å². The van der Waals surface area contributed by atoms with Crippen LogP contribution in [0, 0.1) is 12.3 Å². The van der Waals surface area contributed by atoms with Gasteiger partial charge < -0.3 is 5.73 Å². The normalized spacial score (nSPS) is 11.4. The van der Waals surface area contributed by atoms with Crippen LogP contribution in [0.15, 0.2) is 24.3 Å². The number of rotatable bonds is 6. The maximum absolute atomic E-state index is 12.2. The van der Waals surface area contributed by atoms with E-state index in [1.807, 2.05) is 6.92 Å². The van der Waals surface area contributed by atoms with Gasteiger partial charge >= 0.3 is 0 Å². The molecule has 0 aromatic heterocycles. The van der Waals surface area contributed by atoms with Crippen LogP contribution in [-0.2, 0) is 15.8 Å². The van der Waals surface area contributed by atoms with Crippen molar-refractivity contribution in [2.24, 2.45) is 0 Å². The molecule has 0 bridgehead atoms. The first kappa shape index (κ1) is 14.6. The number of hydrogen-bond donors (Lipinski definition) is 1. The molecule has 0 saturated carbocycles. The number of para-hydroxylation sites is 1. The highest BCUT2D eigenvalue weighted by atomic mass is 32.2. The van der Waals surface area contributed by atoms with Crippen LogP contribution in [0.3, 0.4) is 0 Å². The molecule has 5 heteroatoms. The lowest BCUT2D eigenvalue weighted by Gasteiger charge is -2.19. The van der Waals surface area contributed by atoms with Crippen LogP contribution >= 0.6 is 0 Å². The molecule has 0 atom stereocenters. The Morgan fingerprint density at radius 2 is 2.06 bits per heavy atom. The van der Waals surface area contributed by atoms with Crippen molar-refractivity contribution in [2.45, 2.75) is 19.1 Å². The highest BCUT2D eigenvalue weighted by Crippen LogP contribution is 2.16. The maximum atomic E-state index is 12.2. The van der Waals surface area contributed by atoms with E-state index in [4.69, 9.17) is 12.2 Å². The third-order valence-corrected chi connectivity index (χ3v) is 4.30. The van der Waals surface area contributed by atoms with Gasteiger partial charge in [-0.15, -0.1) is 6.42 Å². The van der Waals surface area contributed by atoms with Crippen molar-refractivity contribution in [3.8, 4) is 12.3 Å². The molecule has 1 rings (SSSR count). The first-order valence-corrected chi connectivity index (χ1v) is 7.37. The number of anilines is 1. The number of nitrogens with two attached hydrogens (primary N) is 1. The molecule has 0 saturated heterocycles. The Kier molecular flexibility index (Phi) is 5.20. The summed E-state index contributed by atoms with van der Waals surface area (Å²) in [6.07, 6.45) is 5.93. The van der Waals surface area contributed by atoms with Crippen molar-refractivity contribution < 1.29 is 8.42 Å². The topological polar surface area (TPSA) is 63.4 Å². The third-order valence-electron chi connectivity index (χ3n) is 2.53. The minimum absolute atomic E-state index is 0.100. The molecule has 0 heterocycles. The van der Waals surface area contributed by atoms with Gasteiger partial charge in [0, 0.05) is 12.2 Å². The molecular weight excluding hydrogens is 248 g/mol. The molecule has 0 unspecified atom stereocenters. The molecule has 1 aromatic carbocycles. The number of hydrogen-bond acceptors (Lipinski definition) is 3. The van der Waals surface area contributed by atoms with E-state index in [0.717, 1.165) is 6.42 Å². The lowest BCUT2D eigenvalue weighted by molar-refractivity contribution is 0.445. The van der Waals surface area contributed by atoms with Gasteiger partial charge in [-0.05, 0) is 18.1 Å². The van der Waals surface area contributed by atoms with E-state index < -0.39 is 10.0 Å². The molecule has 4 nitrogen and oxygen atoms in total. The monoisotopic (exact) mass is 266 g/mol. The zero-order chi connectivity index (χ0) is 13.6. The summed E-state index contributed by atoms with van der Waals surface area (Å²) in [5.74, 6) is 2.26. The Labute approximate surface area is 109 Å². The van der Waals surface area contributed by atoms with E-state index in [0.29, 0.717) is 17.8 Å². The molecule has 0 aliphatic heterocycles. The molecule has 2 N–H and O–H groups in total. The molecule has 0 aliphatic carbocycles. The number of terminal acetylenes is 1. The Hall–Kier alpha value is -1.51. The molecule has 0 amide bonds. The standard InChI is InChI=1S/C13H18N2O2S/c1-3-9-15(10-4-2)18(16,17)11-12-7-5-6-8-13(12)14/h1,5-8H,4,9-11,14H2,2H3. The van der Waals surface area contributed by atoms with Crippen LogP contribution < -0.4 is 5.73 Å². The van der Waals surface area contributed by atoms with Crippen LogP contribution in [0.5, 0.6) is 0 Å². The van der Waals surface area contributed by atoms with Crippen LogP contribution in [0.1, 0.15) is 18.9 Å². The Morgan fingerprint density at radius 3 is 2.61 bits per heavy atom. The first-order valence-electron chi connectivity index (χ1n) is 5.76. The highest BCUT2D eigenvalue weighted by molar-refractivity contribution is 7.88. The molecule has 18 heavy (non-hydrogen) atoms. The number of benzene rings is 1. The summed E-state index contributed by atoms with van der Waals surface area (Å²) in [6.45, 7) is 2.44. The summed E-state index contributed by atoms with van der Waals surface area (Å²) in [4.78, 5) is 0. The molecular formula is C13H18N2O2S. The summed E-state index contributed by atoms with van der Waals surface area (Å²) in [6, 6.07) is 6.95. The highest BCUT2D eigenvalue weighted by Gasteiger charge is 2.21. The minimum atomic E-state index is -3.41. The smallest absolute Gasteiger partial charge is 0.219 e. The molecule has 1 aromatic rings. The number of nitrogen functional groups attached to an aromatic ring is 1. The Bertz CT molecular complexity index is 532. The van der Waals surface area contributed by atoms with E-state index in [-0.39, 0.29) is 12.3 Å². The molecule has 0 radical (unpaired) electrons. The van der Waals surface area contributed by atoms with Crippen molar-refractivity contribution >= 4 is 15.7 Å². The van der Waals surface area contributed by atoms with Gasteiger partial charge in [-0.25, -0.2) is 8.42 Å². The van der Waals surface area contributed by atoms with Gasteiger partial charge in [0.15, 0.2) is 0 Å². The molecule has 0 aliphatic rings. The summed E-state index contributed by atoms with van der Waals surface area (Å²) in [5.41, 5.74) is 6.84. The second-order valence-electron chi connectivity index (χ2n) is 3.99. The van der Waals surface area contributed by atoms with E-state index >= 15 is 0 Å². The van der Waals surface area contributed by atoms with Crippen molar-refractivity contribution in [1.29, 1.82) is 0 Å². The summed E-state index contributed by atoms with van der Waals surface area (Å²) >= 11 is 0. The minimum Gasteiger partial charge on any atom is -0.398 e. The summed E-state index contributed by atoms with van der Waals surface area (Å²) in [5, 5.41) is 0. The van der Waals surface area contributed by atoms with Gasteiger partial charge in [-0.2, -0.15) is 4.31 Å². The lowest BCUT2D eigenvalue weighted by atomic mass is 10.2. The Balaban J connectivity index is 2.93. The fourth-order valence-electron chi connectivity index (χ4n) is 1.62. The quantitative estimate of drug-likeness (QED) is 0.626. The fourth-order valence-corrected chi connectivity index (χ4v) is 3.19. The zero-order valence-corrected chi connectivity index (χ0v) is 11.3. The van der Waals surface area contributed by atoms with Gasteiger partial charge in [-0.1, -0.05) is 31.0 Å².